The van der Waals surface area contributed by atoms with E-state index in [4.69, 9.17) is 0 Å². The summed E-state index contributed by atoms with van der Waals surface area (Å²) in [7, 11) is 0. The van der Waals surface area contributed by atoms with Gasteiger partial charge < -0.3 is 10.2 Å². The zero-order valence-corrected chi connectivity index (χ0v) is 22.0. The molecule has 2 fully saturated rings. The number of hydrogen-bond donors (Lipinski definition) is 3. The van der Waals surface area contributed by atoms with Crippen LogP contribution in [0.4, 0.5) is 4.39 Å². The Balaban J connectivity index is 1.41. The highest BCUT2D eigenvalue weighted by Crippen LogP contribution is 2.39. The normalized spacial score (nSPS) is 23.7. The molecule has 0 aliphatic carbocycles. The van der Waals surface area contributed by atoms with Crippen LogP contribution in [0.3, 0.4) is 0 Å². The van der Waals surface area contributed by atoms with Gasteiger partial charge in [-0.2, -0.15) is 0 Å². The lowest BCUT2D eigenvalue weighted by Gasteiger charge is -2.33. The van der Waals surface area contributed by atoms with Crippen LogP contribution in [0, 0.1) is 24.6 Å². The minimum absolute atomic E-state index is 0.0176. The first-order valence-corrected chi connectivity index (χ1v) is 13.1. The van der Waals surface area contributed by atoms with Crippen LogP contribution in [-0.2, 0) is 16.0 Å². The highest BCUT2D eigenvalue weighted by atomic mass is 19.1. The number of carbonyl (C=O) groups is 3. The standard InChI is InChI=1S/C29H37FN4O3/c1-17(2)25-10-11-26(21-6-5-7-24(30)15-21)34(25)27(35)16-31-28(36)22-9-8-20(18(3)12-22)14-23-13-19(4)32-33-29(23)37/h5-9,12,15,17,19,23,25-26,32H,10-11,13-14,16H2,1-4H3,(H,31,36)(H,33,37)/t19?,23?,25-,26+/m1/s1. The van der Waals surface area contributed by atoms with Crippen LogP contribution in [0.15, 0.2) is 42.5 Å². The van der Waals surface area contributed by atoms with Gasteiger partial charge in [0.15, 0.2) is 0 Å². The Hall–Kier alpha value is -3.26. The van der Waals surface area contributed by atoms with E-state index in [-0.39, 0.29) is 60.0 Å². The van der Waals surface area contributed by atoms with Crippen molar-refractivity contribution < 1.29 is 18.8 Å². The van der Waals surface area contributed by atoms with Crippen LogP contribution in [0.2, 0.25) is 0 Å². The number of aryl methyl sites for hydroxylation is 1. The van der Waals surface area contributed by atoms with Crippen molar-refractivity contribution in [3.8, 4) is 0 Å². The second-order valence-corrected chi connectivity index (χ2v) is 10.8. The smallest absolute Gasteiger partial charge is 0.251 e. The number of rotatable bonds is 7. The van der Waals surface area contributed by atoms with Gasteiger partial charge in [-0.05, 0) is 86.4 Å². The van der Waals surface area contributed by atoms with Gasteiger partial charge in [-0.1, -0.05) is 32.0 Å². The van der Waals surface area contributed by atoms with Crippen LogP contribution < -0.4 is 16.2 Å². The molecule has 4 rings (SSSR count). The van der Waals surface area contributed by atoms with Crippen molar-refractivity contribution in [1.29, 1.82) is 0 Å². The topological polar surface area (TPSA) is 90.5 Å². The third-order valence-electron chi connectivity index (χ3n) is 7.64. The highest BCUT2D eigenvalue weighted by Gasteiger charge is 2.39. The van der Waals surface area contributed by atoms with E-state index in [1.54, 1.807) is 18.2 Å². The number of hydrogen-bond acceptors (Lipinski definition) is 4. The zero-order valence-electron chi connectivity index (χ0n) is 22.0. The van der Waals surface area contributed by atoms with Crippen molar-refractivity contribution >= 4 is 17.7 Å². The summed E-state index contributed by atoms with van der Waals surface area (Å²) in [6, 6.07) is 11.9. The van der Waals surface area contributed by atoms with Crippen molar-refractivity contribution in [2.75, 3.05) is 6.54 Å². The second kappa shape index (κ2) is 11.4. The quantitative estimate of drug-likeness (QED) is 0.530. The van der Waals surface area contributed by atoms with Crippen molar-refractivity contribution in [1.82, 2.24) is 21.1 Å². The van der Waals surface area contributed by atoms with E-state index in [1.807, 2.05) is 30.9 Å². The van der Waals surface area contributed by atoms with Gasteiger partial charge in [-0.3, -0.25) is 19.8 Å². The van der Waals surface area contributed by atoms with Gasteiger partial charge in [0.25, 0.3) is 5.91 Å². The molecule has 4 atom stereocenters. The van der Waals surface area contributed by atoms with Crippen molar-refractivity contribution in [3.63, 3.8) is 0 Å². The molecule has 2 aromatic carbocycles. The van der Waals surface area contributed by atoms with Gasteiger partial charge >= 0.3 is 0 Å². The summed E-state index contributed by atoms with van der Waals surface area (Å²) in [5, 5.41) is 2.78. The Kier molecular flexibility index (Phi) is 8.27. The van der Waals surface area contributed by atoms with Crippen LogP contribution in [0.25, 0.3) is 0 Å². The maximum Gasteiger partial charge on any atom is 0.251 e. The van der Waals surface area contributed by atoms with Gasteiger partial charge in [0.2, 0.25) is 11.8 Å². The number of halogens is 1. The van der Waals surface area contributed by atoms with E-state index in [9.17, 15) is 18.8 Å². The predicted octanol–water partition coefficient (Wildman–Crippen LogP) is 3.82. The Morgan fingerprint density at radius 3 is 2.65 bits per heavy atom. The molecule has 3 amide bonds. The molecule has 2 aliphatic rings. The maximum absolute atomic E-state index is 13.9. The molecule has 2 heterocycles. The molecule has 7 nitrogen and oxygen atoms in total. The molecule has 2 unspecified atom stereocenters. The molecule has 198 valence electrons. The summed E-state index contributed by atoms with van der Waals surface area (Å²) in [4.78, 5) is 40.3. The molecule has 0 bridgehead atoms. The number of amides is 3. The van der Waals surface area contributed by atoms with Crippen LogP contribution >= 0.6 is 0 Å². The third-order valence-corrected chi connectivity index (χ3v) is 7.64. The molecular weight excluding hydrogens is 471 g/mol. The van der Waals surface area contributed by atoms with Crippen LogP contribution in [-0.4, -0.2) is 41.2 Å². The number of likely N-dealkylation sites (tertiary alicyclic amines) is 1. The van der Waals surface area contributed by atoms with Gasteiger partial charge in [0.1, 0.15) is 5.82 Å². The third kappa shape index (κ3) is 6.18. The SMILES string of the molecule is Cc1cc(C(=O)NCC(=O)N2[C@@H](C(C)C)CC[C@H]2c2cccc(F)c2)ccc1CC1CC(C)NNC1=O. The number of benzene rings is 2. The molecule has 0 saturated carbocycles. The van der Waals surface area contributed by atoms with Crippen LogP contribution in [0.1, 0.15) is 73.1 Å². The molecule has 2 saturated heterocycles. The lowest BCUT2D eigenvalue weighted by Crippen LogP contribution is -2.52. The average Bonchev–Trinajstić information content (AvgIpc) is 3.31. The number of nitrogens with one attached hydrogen (secondary N) is 3. The highest BCUT2D eigenvalue weighted by molar-refractivity contribution is 5.96. The molecule has 8 heteroatoms. The molecule has 2 aromatic rings. The van der Waals surface area contributed by atoms with E-state index < -0.39 is 0 Å². The van der Waals surface area contributed by atoms with Gasteiger partial charge in [-0.25, -0.2) is 9.82 Å². The number of nitrogens with zero attached hydrogens (tertiary/aromatic N) is 1. The van der Waals surface area contributed by atoms with E-state index in [0.29, 0.717) is 12.0 Å². The Morgan fingerprint density at radius 1 is 1.16 bits per heavy atom. The summed E-state index contributed by atoms with van der Waals surface area (Å²) >= 11 is 0. The van der Waals surface area contributed by atoms with E-state index in [2.05, 4.69) is 30.0 Å². The molecule has 0 aromatic heterocycles. The van der Waals surface area contributed by atoms with Gasteiger partial charge in [-0.15, -0.1) is 0 Å². The summed E-state index contributed by atoms with van der Waals surface area (Å²) in [5.74, 6) is -0.695. The Bertz CT molecular complexity index is 1170. The summed E-state index contributed by atoms with van der Waals surface area (Å²) in [6.07, 6.45) is 2.96. The largest absolute Gasteiger partial charge is 0.343 e. The van der Waals surface area contributed by atoms with Gasteiger partial charge in [0, 0.05) is 23.6 Å². The first-order chi connectivity index (χ1) is 17.6. The summed E-state index contributed by atoms with van der Waals surface area (Å²) < 4.78 is 13.9. The van der Waals surface area contributed by atoms with E-state index in [1.165, 1.54) is 12.1 Å². The lowest BCUT2D eigenvalue weighted by molar-refractivity contribution is -0.134. The summed E-state index contributed by atoms with van der Waals surface area (Å²) in [5.41, 5.74) is 8.89. The van der Waals surface area contributed by atoms with Crippen molar-refractivity contribution in [2.45, 2.75) is 71.5 Å². The predicted molar refractivity (Wildman–Crippen MR) is 140 cm³/mol. The van der Waals surface area contributed by atoms with E-state index in [0.717, 1.165) is 36.0 Å². The van der Waals surface area contributed by atoms with Gasteiger partial charge in [0.05, 0.1) is 12.6 Å². The first kappa shape index (κ1) is 26.8. The molecule has 37 heavy (non-hydrogen) atoms. The monoisotopic (exact) mass is 508 g/mol. The summed E-state index contributed by atoms with van der Waals surface area (Å²) in [6.45, 7) is 7.99. The van der Waals surface area contributed by atoms with E-state index >= 15 is 0 Å². The second-order valence-electron chi connectivity index (χ2n) is 10.8. The fourth-order valence-corrected chi connectivity index (χ4v) is 5.64. The molecule has 0 spiro atoms. The lowest BCUT2D eigenvalue weighted by atomic mass is 9.89. The average molecular weight is 509 g/mol. The zero-order chi connectivity index (χ0) is 26.7. The van der Waals surface area contributed by atoms with Crippen molar-refractivity contribution in [2.24, 2.45) is 11.8 Å². The first-order valence-electron chi connectivity index (χ1n) is 13.1. The minimum Gasteiger partial charge on any atom is -0.343 e. The number of carbonyl (C=O) groups excluding carboxylic acids is 3. The molecule has 3 N–H and O–H groups in total. The number of hydrazine groups is 1. The van der Waals surface area contributed by atoms with Crippen LogP contribution in [0.5, 0.6) is 0 Å². The fraction of sp³-hybridized carbons (Fsp3) is 0.483. The van der Waals surface area contributed by atoms with Crippen molar-refractivity contribution in [3.05, 3.63) is 70.5 Å². The molecule has 0 radical (unpaired) electrons. The minimum atomic E-state index is -0.321. The maximum atomic E-state index is 13.9. The fourth-order valence-electron chi connectivity index (χ4n) is 5.64. The molecule has 2 aliphatic heterocycles. The Labute approximate surface area is 218 Å². The molecular formula is C29H37FN4O3. The Morgan fingerprint density at radius 2 is 1.95 bits per heavy atom.